The van der Waals surface area contributed by atoms with Crippen molar-refractivity contribution in [2.24, 2.45) is 10.7 Å². The van der Waals surface area contributed by atoms with Crippen molar-refractivity contribution in [2.45, 2.75) is 18.4 Å². The predicted molar refractivity (Wildman–Crippen MR) is 73.0 cm³/mol. The largest absolute Gasteiger partial charge is 0.404 e. The van der Waals surface area contributed by atoms with Crippen LogP contribution in [0.25, 0.3) is 5.57 Å². The monoisotopic (exact) mass is 247 g/mol. The first-order valence-corrected chi connectivity index (χ1v) is 5.99. The fourth-order valence-corrected chi connectivity index (χ4v) is 2.19. The van der Waals surface area contributed by atoms with E-state index in [-0.39, 0.29) is 11.4 Å². The summed E-state index contributed by atoms with van der Waals surface area (Å²) >= 11 is 0. The molecule has 2 rings (SSSR count). The maximum Gasteiger partial charge on any atom is 0.124 e. The molecular weight excluding hydrogens is 229 g/mol. The van der Waals surface area contributed by atoms with Gasteiger partial charge in [-0.2, -0.15) is 0 Å². The highest BCUT2D eigenvalue weighted by atomic mass is 19.1. The van der Waals surface area contributed by atoms with E-state index in [4.69, 9.17) is 5.73 Å². The molecular formula is C14H18FN3. The summed E-state index contributed by atoms with van der Waals surface area (Å²) in [5.74, 6) is -0.243. The highest BCUT2D eigenvalue weighted by Gasteiger charge is 2.43. The Hall–Kier alpha value is -1.68. The molecule has 0 unspecified atom stereocenters. The third-order valence-electron chi connectivity index (χ3n) is 3.46. The van der Waals surface area contributed by atoms with Crippen molar-refractivity contribution in [3.8, 4) is 0 Å². The lowest BCUT2D eigenvalue weighted by Crippen LogP contribution is -2.24. The molecule has 0 spiro atoms. The third kappa shape index (κ3) is 2.29. The van der Waals surface area contributed by atoms with Crippen LogP contribution in [-0.4, -0.2) is 20.3 Å². The first-order valence-electron chi connectivity index (χ1n) is 5.99. The van der Waals surface area contributed by atoms with Gasteiger partial charge >= 0.3 is 0 Å². The highest BCUT2D eigenvalue weighted by molar-refractivity contribution is 6.09. The van der Waals surface area contributed by atoms with Crippen LogP contribution in [0.1, 0.15) is 24.0 Å². The van der Waals surface area contributed by atoms with Crippen LogP contribution >= 0.6 is 0 Å². The fourth-order valence-electron chi connectivity index (χ4n) is 2.19. The van der Waals surface area contributed by atoms with Crippen LogP contribution in [0.2, 0.25) is 0 Å². The van der Waals surface area contributed by atoms with Crippen molar-refractivity contribution >= 4 is 11.8 Å². The molecule has 0 aromatic heterocycles. The summed E-state index contributed by atoms with van der Waals surface area (Å²) in [5, 5.41) is 3.26. The summed E-state index contributed by atoms with van der Waals surface area (Å²) in [6.07, 6.45) is 5.16. The van der Waals surface area contributed by atoms with Crippen LogP contribution in [-0.2, 0) is 5.54 Å². The number of nitrogens with one attached hydrogen (secondary N) is 1. The van der Waals surface area contributed by atoms with Crippen LogP contribution in [0.5, 0.6) is 0 Å². The molecule has 1 aromatic carbocycles. The molecule has 4 heteroatoms. The number of rotatable bonds is 4. The number of halogens is 1. The van der Waals surface area contributed by atoms with Gasteiger partial charge in [-0.3, -0.25) is 4.99 Å². The minimum Gasteiger partial charge on any atom is -0.404 e. The maximum absolute atomic E-state index is 13.7. The number of hydrogen-bond donors (Lipinski definition) is 2. The summed E-state index contributed by atoms with van der Waals surface area (Å²) in [7, 11) is 3.57. The average Bonchev–Trinajstić information content (AvgIpc) is 3.16. The lowest BCUT2D eigenvalue weighted by molar-refractivity contribution is 0.570. The second-order valence-corrected chi connectivity index (χ2v) is 4.57. The Morgan fingerprint density at radius 3 is 2.67 bits per heavy atom. The zero-order valence-electron chi connectivity index (χ0n) is 10.7. The molecule has 0 heterocycles. The zero-order valence-corrected chi connectivity index (χ0v) is 10.7. The van der Waals surface area contributed by atoms with Gasteiger partial charge in [-0.25, -0.2) is 4.39 Å². The van der Waals surface area contributed by atoms with E-state index in [1.165, 1.54) is 12.3 Å². The quantitative estimate of drug-likeness (QED) is 0.800. The van der Waals surface area contributed by atoms with Gasteiger partial charge in [0.05, 0.1) is 0 Å². The molecule has 0 atom stereocenters. The van der Waals surface area contributed by atoms with E-state index in [1.54, 1.807) is 19.3 Å². The summed E-state index contributed by atoms with van der Waals surface area (Å²) in [6, 6.07) is 5.05. The molecule has 1 aromatic rings. The van der Waals surface area contributed by atoms with Crippen molar-refractivity contribution < 1.29 is 4.39 Å². The summed E-state index contributed by atoms with van der Waals surface area (Å²) in [6.45, 7) is 0. The van der Waals surface area contributed by atoms with Crippen molar-refractivity contribution in [3.05, 3.63) is 41.3 Å². The van der Waals surface area contributed by atoms with Crippen molar-refractivity contribution in [1.29, 1.82) is 0 Å². The zero-order chi connectivity index (χ0) is 13.2. The molecule has 0 amide bonds. The first kappa shape index (κ1) is 12.8. The molecule has 3 nitrogen and oxygen atoms in total. The maximum atomic E-state index is 13.7. The van der Waals surface area contributed by atoms with E-state index in [0.29, 0.717) is 0 Å². The molecule has 1 fully saturated rings. The van der Waals surface area contributed by atoms with E-state index in [9.17, 15) is 4.39 Å². The normalized spacial score (nSPS) is 18.3. The van der Waals surface area contributed by atoms with Gasteiger partial charge in [0.1, 0.15) is 5.82 Å². The lowest BCUT2D eigenvalue weighted by atomic mass is 9.98. The van der Waals surface area contributed by atoms with Crippen LogP contribution in [0.4, 0.5) is 4.39 Å². The van der Waals surface area contributed by atoms with Gasteiger partial charge in [-0.1, -0.05) is 0 Å². The van der Waals surface area contributed by atoms with E-state index < -0.39 is 0 Å². The van der Waals surface area contributed by atoms with E-state index in [2.05, 4.69) is 10.3 Å². The Kier molecular flexibility index (Phi) is 3.48. The number of nitrogens with zero attached hydrogens (tertiary/aromatic N) is 1. The Bertz CT molecular complexity index is 502. The lowest BCUT2D eigenvalue weighted by Gasteiger charge is -2.16. The molecule has 0 bridgehead atoms. The van der Waals surface area contributed by atoms with Gasteiger partial charge in [0.2, 0.25) is 0 Å². The molecule has 0 saturated heterocycles. The Morgan fingerprint density at radius 1 is 1.44 bits per heavy atom. The number of aliphatic imine (C=N–C) groups is 1. The van der Waals surface area contributed by atoms with Crippen LogP contribution < -0.4 is 11.1 Å². The van der Waals surface area contributed by atoms with Gasteiger partial charge in [-0.05, 0) is 49.2 Å². The molecule has 3 N–H and O–H groups in total. The van der Waals surface area contributed by atoms with Crippen molar-refractivity contribution in [3.63, 3.8) is 0 Å². The summed E-state index contributed by atoms with van der Waals surface area (Å²) in [5.41, 5.74) is 7.97. The number of hydrogen-bond acceptors (Lipinski definition) is 3. The summed E-state index contributed by atoms with van der Waals surface area (Å²) < 4.78 is 13.7. The Labute approximate surface area is 107 Å². The minimum atomic E-state index is -0.243. The molecule has 1 aliphatic carbocycles. The molecule has 1 aliphatic rings. The summed E-state index contributed by atoms with van der Waals surface area (Å²) in [4.78, 5) is 3.93. The molecule has 0 radical (unpaired) electrons. The molecule has 1 saturated carbocycles. The molecule has 18 heavy (non-hydrogen) atoms. The standard InChI is InChI=1S/C14H18FN3/c1-17-9-11(8-16)10-5-12(7-13(15)6-10)14(18-2)3-4-14/h5-9,18H,3-4,16H2,1-2H3/b11-8+,17-9?. The fraction of sp³-hybridized carbons (Fsp3) is 0.357. The van der Waals surface area contributed by atoms with Crippen molar-refractivity contribution in [1.82, 2.24) is 5.32 Å². The third-order valence-corrected chi connectivity index (χ3v) is 3.46. The predicted octanol–water partition coefficient (Wildman–Crippen LogP) is 2.03. The number of benzene rings is 1. The van der Waals surface area contributed by atoms with Gasteiger partial charge in [-0.15, -0.1) is 0 Å². The Balaban J connectivity index is 2.44. The van der Waals surface area contributed by atoms with E-state index in [0.717, 1.165) is 29.5 Å². The topological polar surface area (TPSA) is 50.4 Å². The average molecular weight is 247 g/mol. The van der Waals surface area contributed by atoms with Crippen LogP contribution in [0, 0.1) is 5.82 Å². The van der Waals surface area contributed by atoms with Crippen molar-refractivity contribution in [2.75, 3.05) is 14.1 Å². The SMILES string of the molecule is CN=C/C(=C\N)c1cc(F)cc(C2(NC)CC2)c1. The first-order chi connectivity index (χ1) is 8.65. The highest BCUT2D eigenvalue weighted by Crippen LogP contribution is 2.45. The van der Waals surface area contributed by atoms with Gasteiger partial charge < -0.3 is 11.1 Å². The number of allylic oxidation sites excluding steroid dienone is 1. The second kappa shape index (κ2) is 4.90. The van der Waals surface area contributed by atoms with E-state index in [1.807, 2.05) is 13.1 Å². The second-order valence-electron chi connectivity index (χ2n) is 4.57. The molecule has 96 valence electrons. The molecule has 0 aliphatic heterocycles. The van der Waals surface area contributed by atoms with E-state index >= 15 is 0 Å². The van der Waals surface area contributed by atoms with Crippen LogP contribution in [0.3, 0.4) is 0 Å². The van der Waals surface area contributed by atoms with Crippen LogP contribution in [0.15, 0.2) is 29.4 Å². The van der Waals surface area contributed by atoms with Gasteiger partial charge in [0, 0.05) is 30.6 Å². The number of nitrogens with two attached hydrogens (primary N) is 1. The Morgan fingerprint density at radius 2 is 2.17 bits per heavy atom. The van der Waals surface area contributed by atoms with Gasteiger partial charge in [0.25, 0.3) is 0 Å². The van der Waals surface area contributed by atoms with Gasteiger partial charge in [0.15, 0.2) is 0 Å². The minimum absolute atomic E-state index is 0.0556. The smallest absolute Gasteiger partial charge is 0.124 e.